The lowest BCUT2D eigenvalue weighted by Gasteiger charge is -2.11. The minimum Gasteiger partial charge on any atom is -0.487 e. The summed E-state index contributed by atoms with van der Waals surface area (Å²) < 4.78 is 76.9. The molecule has 0 atom stereocenters. The second kappa shape index (κ2) is 6.24. The van der Waals surface area contributed by atoms with Crippen LogP contribution in [0.2, 0.25) is 0 Å². The molecule has 0 aromatic heterocycles. The Bertz CT molecular complexity index is 706. The van der Waals surface area contributed by atoms with Crippen LogP contribution in [0.4, 0.5) is 8.78 Å². The zero-order valence-corrected chi connectivity index (χ0v) is 13.0. The van der Waals surface area contributed by atoms with Crippen LogP contribution in [0.15, 0.2) is 17.0 Å². The van der Waals surface area contributed by atoms with Gasteiger partial charge in [-0.1, -0.05) is 0 Å². The van der Waals surface area contributed by atoms with Crippen molar-refractivity contribution in [2.24, 2.45) is 5.14 Å². The predicted octanol–water partition coefficient (Wildman–Crippen LogP) is 0.814. The Morgan fingerprint density at radius 3 is 2.00 bits per heavy atom. The number of primary sulfonamides is 1. The summed E-state index contributed by atoms with van der Waals surface area (Å²) in [6.45, 7) is 2.48. The molecule has 1 rings (SSSR count). The van der Waals surface area contributed by atoms with Crippen LogP contribution in [-0.4, -0.2) is 34.4 Å². The molecule has 0 radical (unpaired) electrons. The van der Waals surface area contributed by atoms with Crippen molar-refractivity contribution in [3.8, 4) is 5.75 Å². The molecule has 0 heterocycles. The van der Waals surface area contributed by atoms with E-state index in [9.17, 15) is 25.6 Å². The first-order valence-corrected chi connectivity index (χ1v) is 9.07. The molecule has 10 heteroatoms. The van der Waals surface area contributed by atoms with E-state index in [4.69, 9.17) is 9.88 Å². The Morgan fingerprint density at radius 1 is 1.14 bits per heavy atom. The first-order chi connectivity index (χ1) is 9.45. The maximum absolute atomic E-state index is 13.6. The molecule has 0 unspecified atom stereocenters. The third-order valence-corrected chi connectivity index (χ3v) is 5.70. The number of rotatable bonds is 6. The van der Waals surface area contributed by atoms with E-state index >= 15 is 0 Å². The maximum atomic E-state index is 13.6. The van der Waals surface area contributed by atoms with Crippen LogP contribution in [0.5, 0.6) is 5.75 Å². The van der Waals surface area contributed by atoms with Gasteiger partial charge in [0.05, 0.1) is 15.9 Å². The zero-order valence-electron chi connectivity index (χ0n) is 11.3. The molecule has 0 aliphatic carbocycles. The van der Waals surface area contributed by atoms with Gasteiger partial charge in [0.25, 0.3) is 0 Å². The van der Waals surface area contributed by atoms with Gasteiger partial charge in [0.2, 0.25) is 10.0 Å². The normalized spacial score (nSPS) is 12.7. The fraction of sp³-hybridized carbons (Fsp3) is 0.455. The van der Waals surface area contributed by atoms with E-state index in [1.807, 2.05) is 0 Å². The lowest BCUT2D eigenvalue weighted by molar-refractivity contribution is 0.302. The molecular weight excluding hydrogens is 328 g/mol. The first-order valence-electron chi connectivity index (χ1n) is 5.81. The summed E-state index contributed by atoms with van der Waals surface area (Å²) in [4.78, 5) is -0.736. The van der Waals surface area contributed by atoms with E-state index in [0.29, 0.717) is 12.1 Å². The number of halogens is 2. The van der Waals surface area contributed by atoms with Crippen molar-refractivity contribution in [2.75, 3.05) is 12.4 Å². The number of nitrogens with two attached hydrogens (primary N) is 1. The van der Waals surface area contributed by atoms with Gasteiger partial charge in [-0.25, -0.2) is 30.8 Å². The van der Waals surface area contributed by atoms with Crippen LogP contribution < -0.4 is 9.88 Å². The van der Waals surface area contributed by atoms with E-state index in [1.54, 1.807) is 0 Å². The fourth-order valence-corrected chi connectivity index (χ4v) is 2.66. The molecular formula is C11H15F2NO5S2. The highest BCUT2D eigenvalue weighted by molar-refractivity contribution is 7.92. The molecule has 0 amide bonds. The minimum absolute atomic E-state index is 0.416. The third kappa shape index (κ3) is 4.61. The van der Waals surface area contributed by atoms with Crippen molar-refractivity contribution in [3.05, 3.63) is 23.8 Å². The van der Waals surface area contributed by atoms with Crippen LogP contribution in [0.3, 0.4) is 0 Å². The van der Waals surface area contributed by atoms with E-state index in [0.717, 1.165) is 0 Å². The SMILES string of the molecule is CC(C)S(=O)(=O)CCOc1c(F)cc(S(N)(=O)=O)cc1F. The average molecular weight is 343 g/mol. The van der Waals surface area contributed by atoms with Crippen molar-refractivity contribution >= 4 is 19.9 Å². The monoisotopic (exact) mass is 343 g/mol. The van der Waals surface area contributed by atoms with Crippen molar-refractivity contribution < 1.29 is 30.4 Å². The lowest BCUT2D eigenvalue weighted by Crippen LogP contribution is -2.22. The molecule has 0 aliphatic rings. The van der Waals surface area contributed by atoms with Gasteiger partial charge in [-0.3, -0.25) is 0 Å². The summed E-state index contributed by atoms with van der Waals surface area (Å²) in [5.41, 5.74) is 0. The maximum Gasteiger partial charge on any atom is 0.238 e. The Labute approximate surface area is 121 Å². The minimum atomic E-state index is -4.25. The molecule has 120 valence electrons. The summed E-state index contributed by atoms with van der Waals surface area (Å²) in [6.07, 6.45) is 0. The molecule has 0 saturated carbocycles. The standard InChI is InChI=1S/C11H15F2NO5S2/c1-7(2)20(15,16)4-3-19-11-9(12)5-8(6-10(11)13)21(14,17)18/h5-7H,3-4H2,1-2H3,(H2,14,17,18). The van der Waals surface area contributed by atoms with E-state index in [-0.39, 0.29) is 0 Å². The molecule has 1 aromatic rings. The summed E-state index contributed by atoms with van der Waals surface area (Å²) in [5.74, 6) is -3.82. The highest BCUT2D eigenvalue weighted by atomic mass is 32.2. The number of hydrogen-bond donors (Lipinski definition) is 1. The molecule has 1 aromatic carbocycles. The number of benzene rings is 1. The van der Waals surface area contributed by atoms with Gasteiger partial charge in [-0.05, 0) is 26.0 Å². The number of hydrogen-bond acceptors (Lipinski definition) is 5. The molecule has 2 N–H and O–H groups in total. The van der Waals surface area contributed by atoms with Gasteiger partial charge in [0.15, 0.2) is 27.2 Å². The van der Waals surface area contributed by atoms with Crippen LogP contribution in [0, 0.1) is 11.6 Å². The number of ether oxygens (including phenoxy) is 1. The van der Waals surface area contributed by atoms with Gasteiger partial charge in [-0.2, -0.15) is 0 Å². The smallest absolute Gasteiger partial charge is 0.238 e. The fourth-order valence-electron chi connectivity index (χ4n) is 1.33. The number of sulfone groups is 1. The Kier molecular flexibility index (Phi) is 5.29. The quantitative estimate of drug-likeness (QED) is 0.823. The molecule has 21 heavy (non-hydrogen) atoms. The van der Waals surface area contributed by atoms with Gasteiger partial charge in [-0.15, -0.1) is 0 Å². The molecule has 0 bridgehead atoms. The summed E-state index contributed by atoms with van der Waals surface area (Å²) in [6, 6.07) is 1.01. The summed E-state index contributed by atoms with van der Waals surface area (Å²) in [5, 5.41) is 4.12. The third-order valence-electron chi connectivity index (χ3n) is 2.63. The molecule has 6 nitrogen and oxygen atoms in total. The summed E-state index contributed by atoms with van der Waals surface area (Å²) in [7, 11) is -7.66. The number of sulfonamides is 1. The van der Waals surface area contributed by atoms with Crippen LogP contribution >= 0.6 is 0 Å². The van der Waals surface area contributed by atoms with Crippen molar-refractivity contribution in [2.45, 2.75) is 24.0 Å². The first kappa shape index (κ1) is 17.8. The molecule has 0 fully saturated rings. The van der Waals surface area contributed by atoms with Gasteiger partial charge in [0.1, 0.15) is 6.61 Å². The molecule has 0 spiro atoms. The van der Waals surface area contributed by atoms with Gasteiger partial charge in [0, 0.05) is 0 Å². The highest BCUT2D eigenvalue weighted by Gasteiger charge is 2.20. The Balaban J connectivity index is 2.92. The van der Waals surface area contributed by atoms with Crippen molar-refractivity contribution in [1.29, 1.82) is 0 Å². The van der Waals surface area contributed by atoms with E-state index in [2.05, 4.69) is 0 Å². The van der Waals surface area contributed by atoms with E-state index in [1.165, 1.54) is 13.8 Å². The lowest BCUT2D eigenvalue weighted by atomic mass is 10.3. The zero-order chi connectivity index (χ0) is 16.4. The van der Waals surface area contributed by atoms with Crippen LogP contribution in [0.1, 0.15) is 13.8 Å². The van der Waals surface area contributed by atoms with Crippen molar-refractivity contribution in [3.63, 3.8) is 0 Å². The molecule has 0 saturated heterocycles. The Morgan fingerprint density at radius 2 is 1.62 bits per heavy atom. The van der Waals surface area contributed by atoms with Crippen LogP contribution in [-0.2, 0) is 19.9 Å². The summed E-state index contributed by atoms with van der Waals surface area (Å²) >= 11 is 0. The van der Waals surface area contributed by atoms with Crippen molar-refractivity contribution in [1.82, 2.24) is 0 Å². The molecule has 0 aliphatic heterocycles. The second-order valence-electron chi connectivity index (χ2n) is 4.53. The van der Waals surface area contributed by atoms with E-state index < -0.39 is 59.7 Å². The van der Waals surface area contributed by atoms with Crippen LogP contribution in [0.25, 0.3) is 0 Å². The second-order valence-corrected chi connectivity index (χ2v) is 8.76. The highest BCUT2D eigenvalue weighted by Crippen LogP contribution is 2.25. The predicted molar refractivity (Wildman–Crippen MR) is 72.1 cm³/mol. The average Bonchev–Trinajstić information content (AvgIpc) is 2.30. The van der Waals surface area contributed by atoms with Gasteiger partial charge >= 0.3 is 0 Å². The topological polar surface area (TPSA) is 104 Å². The van der Waals surface area contributed by atoms with Gasteiger partial charge < -0.3 is 4.74 Å². The largest absolute Gasteiger partial charge is 0.487 e. The Hall–Kier alpha value is -1.26.